The fourth-order valence-electron chi connectivity index (χ4n) is 1.42. The Labute approximate surface area is 105 Å². The highest BCUT2D eigenvalue weighted by molar-refractivity contribution is 6.64. The highest BCUT2D eigenvalue weighted by Crippen LogP contribution is 2.39. The van der Waals surface area contributed by atoms with Crippen molar-refractivity contribution >= 4 is 14.9 Å². The van der Waals surface area contributed by atoms with Gasteiger partial charge in [-0.3, -0.25) is 0 Å². The lowest BCUT2D eigenvalue weighted by Crippen LogP contribution is -2.55. The minimum absolute atomic E-state index is 0.272. The van der Waals surface area contributed by atoms with Crippen molar-refractivity contribution in [1.82, 2.24) is 0 Å². The number of hydrogen-bond acceptors (Lipinski definition) is 5. The van der Waals surface area contributed by atoms with Crippen LogP contribution in [0.25, 0.3) is 0 Å². The molecule has 0 aliphatic heterocycles. The van der Waals surface area contributed by atoms with E-state index in [1.54, 1.807) is 6.92 Å². The van der Waals surface area contributed by atoms with Gasteiger partial charge in [0.25, 0.3) is 0 Å². The number of nitrogens with zero attached hydrogens (tertiary/aromatic N) is 1. The molecule has 0 N–H and O–H groups in total. The molecule has 0 aliphatic carbocycles. The van der Waals surface area contributed by atoms with Crippen molar-refractivity contribution in [3.05, 3.63) is 0 Å². The number of hydrogen-bond donors (Lipinski definition) is 0. The minimum Gasteiger partial charge on any atom is -0.373 e. The predicted molar refractivity (Wildman–Crippen MR) is 67.4 cm³/mol. The molecule has 0 aromatic rings. The Balaban J connectivity index is 5.09. The third-order valence-corrected chi connectivity index (χ3v) is 5.97. The molecule has 0 aliphatic rings. The molecular weight excluding hydrogens is 238 g/mol. The van der Waals surface area contributed by atoms with Crippen molar-refractivity contribution in [3.8, 4) is 0 Å². The van der Waals surface area contributed by atoms with Crippen LogP contribution in [0.5, 0.6) is 0 Å². The van der Waals surface area contributed by atoms with Crippen LogP contribution in [-0.2, 0) is 18.1 Å². The third kappa shape index (κ3) is 4.69. The largest absolute Gasteiger partial charge is 0.508 e. The number of aliphatic imine (C=N–C) groups is 1. The van der Waals surface area contributed by atoms with Crippen LogP contribution in [-0.4, -0.2) is 34.3 Å². The Bertz CT molecular complexity index is 265. The second-order valence-electron chi connectivity index (χ2n) is 4.61. The first-order valence-corrected chi connectivity index (χ1v) is 7.58. The molecule has 5 nitrogen and oxygen atoms in total. The maximum Gasteiger partial charge on any atom is 0.508 e. The molecule has 0 aromatic heterocycles. The van der Waals surface area contributed by atoms with E-state index < -0.39 is 15.0 Å². The van der Waals surface area contributed by atoms with E-state index in [2.05, 4.69) is 4.99 Å². The van der Waals surface area contributed by atoms with Crippen LogP contribution in [0.3, 0.4) is 0 Å². The van der Waals surface area contributed by atoms with E-state index in [1.807, 2.05) is 34.6 Å². The van der Waals surface area contributed by atoms with Gasteiger partial charge >= 0.3 is 8.80 Å². The molecule has 6 heteroatoms. The van der Waals surface area contributed by atoms with Crippen LogP contribution in [0, 0.1) is 0 Å². The fourth-order valence-corrected chi connectivity index (χ4v) is 4.13. The molecule has 0 radical (unpaired) electrons. The zero-order valence-electron chi connectivity index (χ0n) is 11.6. The van der Waals surface area contributed by atoms with Gasteiger partial charge in [-0.25, -0.2) is 4.79 Å². The van der Waals surface area contributed by atoms with E-state index in [4.69, 9.17) is 13.3 Å². The monoisotopic (exact) mass is 261 g/mol. The Morgan fingerprint density at radius 2 is 1.71 bits per heavy atom. The maximum atomic E-state index is 10.2. The van der Waals surface area contributed by atoms with Crippen LogP contribution in [0.4, 0.5) is 0 Å². The van der Waals surface area contributed by atoms with E-state index in [1.165, 1.54) is 6.08 Å². The van der Waals surface area contributed by atoms with Gasteiger partial charge in [-0.15, -0.1) is 0 Å². The van der Waals surface area contributed by atoms with Gasteiger partial charge in [0.05, 0.1) is 0 Å². The summed E-state index contributed by atoms with van der Waals surface area (Å²) >= 11 is 0. The summed E-state index contributed by atoms with van der Waals surface area (Å²) < 4.78 is 17.3. The first-order valence-electron chi connectivity index (χ1n) is 5.85. The second kappa shape index (κ2) is 7.03. The van der Waals surface area contributed by atoms with E-state index in [9.17, 15) is 4.79 Å². The molecule has 0 spiro atoms. The molecule has 0 fully saturated rings. The molecule has 100 valence electrons. The zero-order chi connectivity index (χ0) is 13.5. The summed E-state index contributed by atoms with van der Waals surface area (Å²) in [7, 11) is -2.87. The average Bonchev–Trinajstić information content (AvgIpc) is 2.16. The highest BCUT2D eigenvalue weighted by atomic mass is 28.4. The number of carbonyl (C=O) groups excluding carboxylic acids is 1. The molecular formula is C11H23NO4Si. The lowest BCUT2D eigenvalue weighted by atomic mass is 10.3. The van der Waals surface area contributed by atoms with Gasteiger partial charge in [-0.1, -0.05) is 20.8 Å². The number of rotatable bonds is 7. The van der Waals surface area contributed by atoms with Gasteiger partial charge in [0.15, 0.2) is 6.23 Å². The highest BCUT2D eigenvalue weighted by Gasteiger charge is 2.53. The molecule has 0 aromatic carbocycles. The Kier molecular flexibility index (Phi) is 6.82. The van der Waals surface area contributed by atoms with Crippen molar-refractivity contribution in [1.29, 1.82) is 0 Å². The number of isocyanates is 1. The van der Waals surface area contributed by atoms with Gasteiger partial charge in [0.1, 0.15) is 0 Å². The SMILES string of the molecule is CCO[Si](OCC)(OC(C)N=C=O)C(C)(C)C. The summed E-state index contributed by atoms with van der Waals surface area (Å²) in [6.07, 6.45) is 0.886. The van der Waals surface area contributed by atoms with E-state index in [0.29, 0.717) is 13.2 Å². The van der Waals surface area contributed by atoms with Crippen LogP contribution in [0.15, 0.2) is 4.99 Å². The summed E-state index contributed by atoms with van der Waals surface area (Å²) in [5, 5.41) is -0.272. The van der Waals surface area contributed by atoms with Crippen molar-refractivity contribution in [2.75, 3.05) is 13.2 Å². The molecule has 17 heavy (non-hydrogen) atoms. The molecule has 1 atom stereocenters. The normalized spacial score (nSPS) is 14.2. The van der Waals surface area contributed by atoms with Crippen molar-refractivity contribution in [2.45, 2.75) is 52.8 Å². The minimum atomic E-state index is -2.87. The van der Waals surface area contributed by atoms with E-state index in [-0.39, 0.29) is 5.04 Å². The standard InChI is InChI=1S/C11H23NO4Si/c1-7-14-17(15-8-2,11(4,5)6)16-10(3)12-9-13/h10H,7-8H2,1-6H3. The van der Waals surface area contributed by atoms with Crippen LogP contribution in [0.2, 0.25) is 5.04 Å². The van der Waals surface area contributed by atoms with Crippen LogP contribution < -0.4 is 0 Å². The van der Waals surface area contributed by atoms with Crippen LogP contribution in [0.1, 0.15) is 41.5 Å². The van der Waals surface area contributed by atoms with Gasteiger partial charge in [-0.05, 0) is 20.8 Å². The van der Waals surface area contributed by atoms with Gasteiger partial charge in [0, 0.05) is 18.3 Å². The van der Waals surface area contributed by atoms with Crippen molar-refractivity contribution in [2.24, 2.45) is 4.99 Å². The quantitative estimate of drug-likeness (QED) is 0.401. The van der Waals surface area contributed by atoms with E-state index >= 15 is 0 Å². The average molecular weight is 261 g/mol. The summed E-state index contributed by atoms with van der Waals surface area (Å²) in [4.78, 5) is 13.8. The summed E-state index contributed by atoms with van der Waals surface area (Å²) in [5.74, 6) is 0. The van der Waals surface area contributed by atoms with Gasteiger partial charge in [-0.2, -0.15) is 4.99 Å². The molecule has 0 amide bonds. The molecule has 1 unspecified atom stereocenters. The fraction of sp³-hybridized carbons (Fsp3) is 0.909. The van der Waals surface area contributed by atoms with Crippen molar-refractivity contribution < 1.29 is 18.1 Å². The van der Waals surface area contributed by atoms with E-state index in [0.717, 1.165) is 0 Å². The molecule has 0 saturated heterocycles. The lowest BCUT2D eigenvalue weighted by molar-refractivity contribution is 0.0232. The summed E-state index contributed by atoms with van der Waals surface area (Å²) in [6.45, 7) is 12.5. The predicted octanol–water partition coefficient (Wildman–Crippen LogP) is 2.50. The Hall–Kier alpha value is -0.523. The second-order valence-corrected chi connectivity index (χ2v) is 8.04. The third-order valence-electron chi connectivity index (χ3n) is 2.15. The van der Waals surface area contributed by atoms with Crippen LogP contribution >= 0.6 is 0 Å². The topological polar surface area (TPSA) is 57.1 Å². The smallest absolute Gasteiger partial charge is 0.373 e. The molecule has 0 heterocycles. The molecule has 0 bridgehead atoms. The Morgan fingerprint density at radius 3 is 2.00 bits per heavy atom. The van der Waals surface area contributed by atoms with Crippen molar-refractivity contribution in [3.63, 3.8) is 0 Å². The van der Waals surface area contributed by atoms with Gasteiger partial charge < -0.3 is 13.3 Å². The van der Waals surface area contributed by atoms with Gasteiger partial charge in [0.2, 0.25) is 6.08 Å². The summed E-state index contributed by atoms with van der Waals surface area (Å²) in [5.41, 5.74) is 0. The summed E-state index contributed by atoms with van der Waals surface area (Å²) in [6, 6.07) is 0. The first-order chi connectivity index (χ1) is 7.83. The lowest BCUT2D eigenvalue weighted by Gasteiger charge is -2.39. The molecule has 0 saturated carbocycles. The first kappa shape index (κ1) is 16.5. The molecule has 0 rings (SSSR count). The Morgan fingerprint density at radius 1 is 1.24 bits per heavy atom. The maximum absolute atomic E-state index is 10.2. The zero-order valence-corrected chi connectivity index (χ0v) is 12.6.